The van der Waals surface area contributed by atoms with Crippen LogP contribution in [0.25, 0.3) is 0 Å². The minimum absolute atomic E-state index is 0.00571. The number of benzene rings is 1. The van der Waals surface area contributed by atoms with Gasteiger partial charge in [0.25, 0.3) is 0 Å². The van der Waals surface area contributed by atoms with E-state index in [0.717, 1.165) is 5.56 Å². The van der Waals surface area contributed by atoms with Gasteiger partial charge < -0.3 is 14.6 Å². The maximum atomic E-state index is 13.0. The van der Waals surface area contributed by atoms with Crippen molar-refractivity contribution in [1.29, 1.82) is 0 Å². The number of ether oxygens (including phenoxy) is 2. The zero-order valence-corrected chi connectivity index (χ0v) is 15.7. The van der Waals surface area contributed by atoms with Crippen LogP contribution in [0.3, 0.4) is 0 Å². The molecule has 2 aromatic rings. The Hall–Kier alpha value is -1.61. The quantitative estimate of drug-likeness (QED) is 0.827. The summed E-state index contributed by atoms with van der Waals surface area (Å²) in [6.07, 6.45) is 0. The van der Waals surface area contributed by atoms with E-state index in [4.69, 9.17) is 9.47 Å². The number of rotatable bonds is 6. The Morgan fingerprint density at radius 2 is 1.96 bits per heavy atom. The first-order valence-electron chi connectivity index (χ1n) is 7.86. The fraction of sp³-hybridized carbons (Fsp3) is 0.412. The second-order valence-electron chi connectivity index (χ2n) is 5.94. The number of aliphatic hydroxyl groups is 1. The molecule has 1 aliphatic heterocycles. The van der Waals surface area contributed by atoms with Crippen molar-refractivity contribution >= 4 is 21.4 Å². The van der Waals surface area contributed by atoms with Gasteiger partial charge in [-0.25, -0.2) is 8.42 Å². The van der Waals surface area contributed by atoms with Crippen LogP contribution in [-0.4, -0.2) is 51.7 Å². The topological polar surface area (TPSA) is 76.1 Å². The van der Waals surface area contributed by atoms with Crippen molar-refractivity contribution < 1.29 is 23.0 Å². The summed E-state index contributed by atoms with van der Waals surface area (Å²) < 4.78 is 37.9. The number of aliphatic hydroxyl groups excluding tert-OH is 1. The predicted octanol–water partition coefficient (Wildman–Crippen LogP) is 2.16. The first-order chi connectivity index (χ1) is 12.0. The molecule has 136 valence electrons. The lowest BCUT2D eigenvalue weighted by Crippen LogP contribution is -2.29. The van der Waals surface area contributed by atoms with Crippen molar-refractivity contribution in [2.75, 3.05) is 33.9 Å². The first-order valence-corrected chi connectivity index (χ1v) is 10.2. The molecule has 1 aromatic heterocycles. The van der Waals surface area contributed by atoms with Gasteiger partial charge in [0.15, 0.2) is 11.5 Å². The Labute approximate surface area is 151 Å². The Balaban J connectivity index is 1.90. The van der Waals surface area contributed by atoms with Crippen LogP contribution >= 0.6 is 11.3 Å². The Bertz CT molecular complexity index is 820. The lowest BCUT2D eigenvalue weighted by atomic mass is 9.92. The molecule has 1 saturated heterocycles. The van der Waals surface area contributed by atoms with Crippen LogP contribution in [0.15, 0.2) is 39.9 Å². The van der Waals surface area contributed by atoms with E-state index in [1.165, 1.54) is 30.7 Å². The second kappa shape index (κ2) is 7.33. The summed E-state index contributed by atoms with van der Waals surface area (Å²) in [6.45, 7) is 0.616. The Kier molecular flexibility index (Phi) is 5.33. The number of hydrogen-bond acceptors (Lipinski definition) is 6. The molecule has 0 bridgehead atoms. The molecule has 1 aromatic carbocycles. The summed E-state index contributed by atoms with van der Waals surface area (Å²) in [6, 6.07) is 6.56. The number of hydrogen-bond donors (Lipinski definition) is 1. The van der Waals surface area contributed by atoms with Gasteiger partial charge in [0, 0.05) is 37.6 Å². The van der Waals surface area contributed by atoms with Crippen molar-refractivity contribution in [3.8, 4) is 11.5 Å². The van der Waals surface area contributed by atoms with Crippen LogP contribution in [0.5, 0.6) is 11.5 Å². The molecule has 0 spiro atoms. The van der Waals surface area contributed by atoms with Crippen LogP contribution in [0, 0.1) is 5.92 Å². The molecule has 6 nitrogen and oxygen atoms in total. The molecule has 1 N–H and O–H groups in total. The van der Waals surface area contributed by atoms with E-state index in [-0.39, 0.29) is 23.3 Å². The average Bonchev–Trinajstić information content (AvgIpc) is 3.29. The van der Waals surface area contributed by atoms with E-state index in [2.05, 4.69) is 0 Å². The predicted molar refractivity (Wildman–Crippen MR) is 95.9 cm³/mol. The van der Waals surface area contributed by atoms with E-state index < -0.39 is 10.0 Å². The summed E-state index contributed by atoms with van der Waals surface area (Å²) in [5.41, 5.74) is 1.08. The van der Waals surface area contributed by atoms with E-state index >= 15 is 0 Å². The van der Waals surface area contributed by atoms with Gasteiger partial charge in [0.05, 0.1) is 19.1 Å². The zero-order valence-electron chi connectivity index (χ0n) is 14.1. The maximum Gasteiger partial charge on any atom is 0.243 e. The van der Waals surface area contributed by atoms with Crippen molar-refractivity contribution in [2.45, 2.75) is 10.8 Å². The molecule has 2 atom stereocenters. The first kappa shape index (κ1) is 18.2. The van der Waals surface area contributed by atoms with Crippen LogP contribution in [0.1, 0.15) is 11.5 Å². The zero-order chi connectivity index (χ0) is 18.0. The normalized spacial score (nSPS) is 21.4. The smallest absolute Gasteiger partial charge is 0.243 e. The molecule has 0 radical (unpaired) electrons. The van der Waals surface area contributed by atoms with E-state index in [1.54, 1.807) is 17.4 Å². The molecule has 2 heterocycles. The molecular weight excluding hydrogens is 362 g/mol. The third-order valence-corrected chi connectivity index (χ3v) is 7.14. The van der Waals surface area contributed by atoms with E-state index in [9.17, 15) is 13.5 Å². The maximum absolute atomic E-state index is 13.0. The molecule has 2 unspecified atom stereocenters. The van der Waals surface area contributed by atoms with Gasteiger partial charge in [-0.05, 0) is 34.5 Å². The largest absolute Gasteiger partial charge is 0.493 e. The van der Waals surface area contributed by atoms with Crippen molar-refractivity contribution in [3.63, 3.8) is 0 Å². The summed E-state index contributed by atoms with van der Waals surface area (Å²) in [5.74, 6) is 0.749. The number of nitrogens with zero attached hydrogens (tertiary/aromatic N) is 1. The molecule has 1 aliphatic rings. The van der Waals surface area contributed by atoms with E-state index in [1.807, 2.05) is 16.8 Å². The molecule has 0 aliphatic carbocycles. The Morgan fingerprint density at radius 3 is 2.56 bits per heavy atom. The fourth-order valence-corrected chi connectivity index (χ4v) is 5.47. The Morgan fingerprint density at radius 1 is 1.20 bits per heavy atom. The standard InChI is InChI=1S/C17H21NO5S2/c1-22-16-4-3-14(7-17(16)23-2)25(20,21)18-8-13(10-19)15(9-18)12-5-6-24-11-12/h3-7,11,13,15,19H,8-10H2,1-2H3. The van der Waals surface area contributed by atoms with Crippen molar-refractivity contribution in [3.05, 3.63) is 40.6 Å². The summed E-state index contributed by atoms with van der Waals surface area (Å²) in [7, 11) is -0.699. The molecule has 0 saturated carbocycles. The van der Waals surface area contributed by atoms with E-state index in [0.29, 0.717) is 24.6 Å². The molecule has 0 amide bonds. The SMILES string of the molecule is COc1ccc(S(=O)(=O)N2CC(CO)C(c3ccsc3)C2)cc1OC. The third-order valence-electron chi connectivity index (χ3n) is 4.61. The molecule has 3 rings (SSSR count). The van der Waals surface area contributed by atoms with Crippen molar-refractivity contribution in [2.24, 2.45) is 5.92 Å². The van der Waals surface area contributed by atoms with Gasteiger partial charge in [-0.2, -0.15) is 15.6 Å². The van der Waals surface area contributed by atoms with Crippen LogP contribution in [0.4, 0.5) is 0 Å². The molecule has 1 fully saturated rings. The number of thiophene rings is 1. The molecule has 8 heteroatoms. The van der Waals surface area contributed by atoms with Crippen molar-refractivity contribution in [1.82, 2.24) is 4.31 Å². The van der Waals surface area contributed by atoms with Gasteiger partial charge in [-0.3, -0.25) is 0 Å². The number of methoxy groups -OCH3 is 2. The summed E-state index contributed by atoms with van der Waals surface area (Å²) >= 11 is 1.57. The van der Waals surface area contributed by atoms with Crippen LogP contribution in [0.2, 0.25) is 0 Å². The third kappa shape index (κ3) is 3.39. The molecular formula is C17H21NO5S2. The monoisotopic (exact) mass is 383 g/mol. The lowest BCUT2D eigenvalue weighted by Gasteiger charge is -2.17. The highest BCUT2D eigenvalue weighted by atomic mass is 32.2. The second-order valence-corrected chi connectivity index (χ2v) is 8.66. The highest BCUT2D eigenvalue weighted by molar-refractivity contribution is 7.89. The highest BCUT2D eigenvalue weighted by Gasteiger charge is 2.40. The van der Waals surface area contributed by atoms with Gasteiger partial charge in [-0.1, -0.05) is 0 Å². The summed E-state index contributed by atoms with van der Waals surface area (Å²) in [4.78, 5) is 0.160. The van der Waals surface area contributed by atoms with Gasteiger partial charge >= 0.3 is 0 Å². The summed E-state index contributed by atoms with van der Waals surface area (Å²) in [5, 5.41) is 13.7. The fourth-order valence-electron chi connectivity index (χ4n) is 3.20. The molecule has 25 heavy (non-hydrogen) atoms. The number of sulfonamides is 1. The van der Waals surface area contributed by atoms with Gasteiger partial charge in [-0.15, -0.1) is 0 Å². The minimum Gasteiger partial charge on any atom is -0.493 e. The van der Waals surface area contributed by atoms with Crippen LogP contribution < -0.4 is 9.47 Å². The van der Waals surface area contributed by atoms with Crippen LogP contribution in [-0.2, 0) is 10.0 Å². The minimum atomic E-state index is -3.67. The van der Waals surface area contributed by atoms with Gasteiger partial charge in [0.1, 0.15) is 0 Å². The van der Waals surface area contributed by atoms with Gasteiger partial charge in [0.2, 0.25) is 10.0 Å². The lowest BCUT2D eigenvalue weighted by molar-refractivity contribution is 0.223. The highest BCUT2D eigenvalue weighted by Crippen LogP contribution is 2.37. The average molecular weight is 383 g/mol.